The highest BCUT2D eigenvalue weighted by atomic mass is 16.5. The van der Waals surface area contributed by atoms with Gasteiger partial charge in [-0.05, 0) is 20.5 Å². The molecule has 0 aliphatic rings. The number of carbonyl (C=O) groups excluding carboxylic acids is 1. The molecule has 0 spiro atoms. The SMILES string of the molecule is CCC(O[C]=O)N(C)C. The van der Waals surface area contributed by atoms with E-state index < -0.39 is 0 Å². The van der Waals surface area contributed by atoms with Crippen molar-refractivity contribution in [2.45, 2.75) is 19.6 Å². The van der Waals surface area contributed by atoms with Gasteiger partial charge in [0.2, 0.25) is 0 Å². The van der Waals surface area contributed by atoms with Crippen molar-refractivity contribution in [1.29, 1.82) is 0 Å². The molecule has 0 aromatic carbocycles. The zero-order valence-corrected chi connectivity index (χ0v) is 6.05. The molecule has 1 atom stereocenters. The van der Waals surface area contributed by atoms with Crippen molar-refractivity contribution in [3.8, 4) is 0 Å². The van der Waals surface area contributed by atoms with Crippen LogP contribution in [0.3, 0.4) is 0 Å². The van der Waals surface area contributed by atoms with Crippen LogP contribution in [-0.4, -0.2) is 31.7 Å². The third-order valence-electron chi connectivity index (χ3n) is 1.11. The summed E-state index contributed by atoms with van der Waals surface area (Å²) in [6.07, 6.45) is 0.671. The van der Waals surface area contributed by atoms with E-state index in [1.165, 1.54) is 6.47 Å². The van der Waals surface area contributed by atoms with E-state index in [0.717, 1.165) is 6.42 Å². The monoisotopic (exact) mass is 130 g/mol. The largest absolute Gasteiger partial charge is 0.438 e. The normalized spacial score (nSPS) is 13.3. The summed E-state index contributed by atoms with van der Waals surface area (Å²) in [5, 5.41) is 0. The summed E-state index contributed by atoms with van der Waals surface area (Å²) in [6, 6.07) is 0. The fourth-order valence-corrected chi connectivity index (χ4v) is 0.609. The Morgan fingerprint density at radius 1 is 1.67 bits per heavy atom. The minimum Gasteiger partial charge on any atom is -0.438 e. The van der Waals surface area contributed by atoms with Gasteiger partial charge in [0.25, 0.3) is 0 Å². The van der Waals surface area contributed by atoms with E-state index in [1.54, 1.807) is 0 Å². The van der Waals surface area contributed by atoms with E-state index in [-0.39, 0.29) is 6.23 Å². The summed E-state index contributed by atoms with van der Waals surface area (Å²) in [4.78, 5) is 11.5. The first-order valence-electron chi connectivity index (χ1n) is 2.91. The maximum absolute atomic E-state index is 9.70. The standard InChI is InChI=1S/C6H12NO2/c1-4-6(7(2)3)9-5-8/h6H,4H2,1-3H3. The minimum atomic E-state index is -0.123. The molecule has 0 bridgehead atoms. The number of hydrogen-bond donors (Lipinski definition) is 0. The van der Waals surface area contributed by atoms with Gasteiger partial charge in [0, 0.05) is 0 Å². The van der Waals surface area contributed by atoms with Crippen LogP contribution in [0.5, 0.6) is 0 Å². The van der Waals surface area contributed by atoms with Crippen LogP contribution in [0.2, 0.25) is 0 Å². The van der Waals surface area contributed by atoms with Crippen LogP contribution in [0, 0.1) is 0 Å². The van der Waals surface area contributed by atoms with Gasteiger partial charge in [-0.2, -0.15) is 0 Å². The molecule has 1 unspecified atom stereocenters. The number of nitrogens with zero attached hydrogens (tertiary/aromatic N) is 1. The van der Waals surface area contributed by atoms with Crippen molar-refractivity contribution in [3.05, 3.63) is 0 Å². The van der Waals surface area contributed by atoms with Crippen LogP contribution < -0.4 is 0 Å². The molecule has 0 aliphatic heterocycles. The first kappa shape index (κ1) is 8.43. The zero-order chi connectivity index (χ0) is 7.28. The Labute approximate surface area is 55.6 Å². The van der Waals surface area contributed by atoms with Gasteiger partial charge in [0.1, 0.15) is 0 Å². The predicted molar refractivity (Wildman–Crippen MR) is 34.5 cm³/mol. The molecule has 0 N–H and O–H groups in total. The van der Waals surface area contributed by atoms with Crippen LogP contribution in [0.1, 0.15) is 13.3 Å². The van der Waals surface area contributed by atoms with Gasteiger partial charge in [-0.1, -0.05) is 6.92 Å². The van der Waals surface area contributed by atoms with Crippen LogP contribution in [0.4, 0.5) is 0 Å². The topological polar surface area (TPSA) is 29.5 Å². The molecule has 53 valence electrons. The summed E-state index contributed by atoms with van der Waals surface area (Å²) in [5.41, 5.74) is 0. The van der Waals surface area contributed by atoms with Crippen LogP contribution >= 0.6 is 0 Å². The molecule has 0 saturated heterocycles. The molecule has 3 heteroatoms. The first-order valence-corrected chi connectivity index (χ1v) is 2.91. The quantitative estimate of drug-likeness (QED) is 0.515. The lowest BCUT2D eigenvalue weighted by Crippen LogP contribution is -2.29. The maximum Gasteiger partial charge on any atom is 0.419 e. The van der Waals surface area contributed by atoms with Crippen molar-refractivity contribution in [1.82, 2.24) is 4.90 Å². The van der Waals surface area contributed by atoms with Gasteiger partial charge < -0.3 is 4.74 Å². The molecule has 9 heavy (non-hydrogen) atoms. The molecule has 0 aromatic rings. The van der Waals surface area contributed by atoms with Crippen molar-refractivity contribution in [2.24, 2.45) is 0 Å². The summed E-state index contributed by atoms with van der Waals surface area (Å²) < 4.78 is 4.57. The van der Waals surface area contributed by atoms with Crippen molar-refractivity contribution in [3.63, 3.8) is 0 Å². The second-order valence-electron chi connectivity index (χ2n) is 2.03. The van der Waals surface area contributed by atoms with E-state index in [9.17, 15) is 4.79 Å². The second-order valence-corrected chi connectivity index (χ2v) is 2.03. The van der Waals surface area contributed by atoms with Gasteiger partial charge in [0.15, 0.2) is 6.23 Å². The molecular weight excluding hydrogens is 118 g/mol. The van der Waals surface area contributed by atoms with E-state index in [0.29, 0.717) is 0 Å². The molecule has 0 amide bonds. The Bertz CT molecular complexity index is 83.1. The molecule has 0 rings (SSSR count). The zero-order valence-electron chi connectivity index (χ0n) is 6.05. The lowest BCUT2D eigenvalue weighted by Gasteiger charge is -2.19. The van der Waals surface area contributed by atoms with Crippen molar-refractivity contribution in [2.75, 3.05) is 14.1 Å². The Morgan fingerprint density at radius 2 is 2.22 bits per heavy atom. The van der Waals surface area contributed by atoms with Crippen molar-refractivity contribution >= 4 is 6.47 Å². The summed E-state index contributed by atoms with van der Waals surface area (Å²) in [7, 11) is 3.71. The van der Waals surface area contributed by atoms with Gasteiger partial charge in [-0.25, -0.2) is 4.79 Å². The highest BCUT2D eigenvalue weighted by molar-refractivity contribution is 5.38. The highest BCUT2D eigenvalue weighted by Crippen LogP contribution is 1.97. The fourth-order valence-electron chi connectivity index (χ4n) is 0.609. The first-order chi connectivity index (χ1) is 4.22. The molecule has 0 aliphatic carbocycles. The molecule has 0 heterocycles. The lowest BCUT2D eigenvalue weighted by atomic mass is 10.4. The summed E-state index contributed by atoms with van der Waals surface area (Å²) in [5.74, 6) is 0. The Balaban J connectivity index is 3.53. The minimum absolute atomic E-state index is 0.123. The molecular formula is C6H12NO2. The molecule has 0 fully saturated rings. The third kappa shape index (κ3) is 3.08. The molecule has 0 aromatic heterocycles. The van der Waals surface area contributed by atoms with Gasteiger partial charge in [-0.3, -0.25) is 4.90 Å². The van der Waals surface area contributed by atoms with E-state index in [4.69, 9.17) is 0 Å². The second kappa shape index (κ2) is 4.32. The average molecular weight is 130 g/mol. The predicted octanol–water partition coefficient (Wildman–Crippen LogP) is 0.368. The van der Waals surface area contributed by atoms with E-state index >= 15 is 0 Å². The molecule has 1 radical (unpaired) electrons. The summed E-state index contributed by atoms with van der Waals surface area (Å²) in [6.45, 7) is 3.35. The number of rotatable bonds is 4. The fraction of sp³-hybridized carbons (Fsp3) is 0.833. The lowest BCUT2D eigenvalue weighted by molar-refractivity contribution is 0.0466. The number of ether oxygens (including phenoxy) is 1. The average Bonchev–Trinajstić information content (AvgIpc) is 1.82. The highest BCUT2D eigenvalue weighted by Gasteiger charge is 2.07. The molecule has 3 nitrogen and oxygen atoms in total. The van der Waals surface area contributed by atoms with Crippen LogP contribution in [0.15, 0.2) is 0 Å². The Morgan fingerprint density at radius 3 is 2.33 bits per heavy atom. The van der Waals surface area contributed by atoms with Gasteiger partial charge >= 0.3 is 6.47 Å². The molecule has 0 saturated carbocycles. The maximum atomic E-state index is 9.70. The van der Waals surface area contributed by atoms with E-state index in [1.807, 2.05) is 25.9 Å². The van der Waals surface area contributed by atoms with Crippen LogP contribution in [-0.2, 0) is 9.53 Å². The van der Waals surface area contributed by atoms with Crippen molar-refractivity contribution < 1.29 is 9.53 Å². The number of hydrogen-bond acceptors (Lipinski definition) is 3. The smallest absolute Gasteiger partial charge is 0.419 e. The van der Waals surface area contributed by atoms with Gasteiger partial charge in [0.05, 0.1) is 0 Å². The van der Waals surface area contributed by atoms with Crippen LogP contribution in [0.25, 0.3) is 0 Å². The third-order valence-corrected chi connectivity index (χ3v) is 1.11. The summed E-state index contributed by atoms with van der Waals surface area (Å²) >= 11 is 0. The van der Waals surface area contributed by atoms with E-state index in [2.05, 4.69) is 4.74 Å². The van der Waals surface area contributed by atoms with Gasteiger partial charge in [-0.15, -0.1) is 0 Å². The Hall–Kier alpha value is -0.570. The Kier molecular flexibility index (Phi) is 4.05.